The molecule has 0 spiro atoms. The van der Waals surface area contributed by atoms with Crippen molar-refractivity contribution in [2.75, 3.05) is 54.1 Å². The van der Waals surface area contributed by atoms with Gasteiger partial charge in [-0.3, -0.25) is 4.90 Å². The summed E-state index contributed by atoms with van der Waals surface area (Å²) in [6.45, 7) is 6.69. The van der Waals surface area contributed by atoms with Gasteiger partial charge in [-0.25, -0.2) is 0 Å². The van der Waals surface area contributed by atoms with Crippen LogP contribution in [0.2, 0.25) is 0 Å². The maximum absolute atomic E-state index is 5.59. The molecule has 0 radical (unpaired) electrons. The second-order valence-corrected chi connectivity index (χ2v) is 8.14. The molecular formula is C22H32N2O3. The molecule has 3 aliphatic rings. The molecule has 1 aliphatic heterocycles. The van der Waals surface area contributed by atoms with Crippen LogP contribution >= 0.6 is 0 Å². The lowest BCUT2D eigenvalue weighted by atomic mass is 9.93. The maximum Gasteiger partial charge on any atom is 0.164 e. The maximum atomic E-state index is 5.59. The van der Waals surface area contributed by atoms with Gasteiger partial charge in [-0.05, 0) is 36.7 Å². The Balaban J connectivity index is 1.33. The van der Waals surface area contributed by atoms with E-state index in [0.717, 1.165) is 67.5 Å². The van der Waals surface area contributed by atoms with E-state index < -0.39 is 0 Å². The number of nitrogens with zero attached hydrogens (tertiary/aromatic N) is 2. The Morgan fingerprint density at radius 3 is 2.07 bits per heavy atom. The highest BCUT2D eigenvalue weighted by molar-refractivity contribution is 5.50. The number of fused-ring (bicyclic) bond motifs is 2. The van der Waals surface area contributed by atoms with E-state index in [9.17, 15) is 0 Å². The van der Waals surface area contributed by atoms with Gasteiger partial charge >= 0.3 is 0 Å². The second kappa shape index (κ2) is 8.11. The Morgan fingerprint density at radius 2 is 1.48 bits per heavy atom. The summed E-state index contributed by atoms with van der Waals surface area (Å²) in [5.41, 5.74) is 1.15. The standard InChI is InChI=1S/C22H32N2O3/c1-25-20-13-22(27-3)21(26-2)12-19(20)15-24-8-6-23(7-9-24)14-18-11-16-4-5-17(18)10-16/h4-5,12-13,16-18H,6-11,14-15H2,1-3H3. The van der Waals surface area contributed by atoms with Gasteiger partial charge in [0, 0.05) is 50.9 Å². The molecule has 0 N–H and O–H groups in total. The van der Waals surface area contributed by atoms with E-state index in [0.29, 0.717) is 5.75 Å². The fraction of sp³-hybridized carbons (Fsp3) is 0.636. The van der Waals surface area contributed by atoms with Crippen LogP contribution in [0.1, 0.15) is 18.4 Å². The van der Waals surface area contributed by atoms with E-state index >= 15 is 0 Å². The van der Waals surface area contributed by atoms with Crippen LogP contribution in [0.5, 0.6) is 17.2 Å². The summed E-state index contributed by atoms with van der Waals surface area (Å²) in [4.78, 5) is 5.18. The molecule has 0 amide bonds. The largest absolute Gasteiger partial charge is 0.496 e. The van der Waals surface area contributed by atoms with Crippen molar-refractivity contribution in [3.8, 4) is 17.2 Å². The summed E-state index contributed by atoms with van der Waals surface area (Å²) >= 11 is 0. The summed E-state index contributed by atoms with van der Waals surface area (Å²) in [6.07, 6.45) is 7.72. The highest BCUT2D eigenvalue weighted by Crippen LogP contribution is 2.43. The molecule has 1 saturated heterocycles. The third-order valence-electron chi connectivity index (χ3n) is 6.55. The van der Waals surface area contributed by atoms with Crippen molar-refractivity contribution in [2.45, 2.75) is 19.4 Å². The monoisotopic (exact) mass is 372 g/mol. The summed E-state index contributed by atoms with van der Waals surface area (Å²) in [5.74, 6) is 4.95. The number of rotatable bonds is 7. The SMILES string of the molecule is COc1cc(OC)c(OC)cc1CN1CCN(CC2CC3C=CC2C3)CC1. The zero-order valence-corrected chi connectivity index (χ0v) is 16.8. The molecular weight excluding hydrogens is 340 g/mol. The number of ether oxygens (including phenoxy) is 3. The van der Waals surface area contributed by atoms with Crippen molar-refractivity contribution in [3.63, 3.8) is 0 Å². The van der Waals surface area contributed by atoms with E-state index in [1.54, 1.807) is 21.3 Å². The van der Waals surface area contributed by atoms with Crippen molar-refractivity contribution in [1.82, 2.24) is 9.80 Å². The number of hydrogen-bond acceptors (Lipinski definition) is 5. The number of piperazine rings is 1. The molecule has 27 heavy (non-hydrogen) atoms. The Morgan fingerprint density at radius 1 is 0.815 bits per heavy atom. The van der Waals surface area contributed by atoms with Crippen molar-refractivity contribution < 1.29 is 14.2 Å². The molecule has 1 saturated carbocycles. The van der Waals surface area contributed by atoms with E-state index in [-0.39, 0.29) is 0 Å². The molecule has 4 rings (SSSR count). The van der Waals surface area contributed by atoms with Crippen LogP contribution in [0, 0.1) is 17.8 Å². The Bertz CT molecular complexity index is 682. The van der Waals surface area contributed by atoms with E-state index in [2.05, 4.69) is 22.0 Å². The lowest BCUT2D eigenvalue weighted by Gasteiger charge is -2.37. The van der Waals surface area contributed by atoms with Gasteiger partial charge in [0.2, 0.25) is 0 Å². The first-order valence-electron chi connectivity index (χ1n) is 10.1. The van der Waals surface area contributed by atoms with Gasteiger partial charge in [-0.2, -0.15) is 0 Å². The Labute approximate surface area is 162 Å². The van der Waals surface area contributed by atoms with Crippen molar-refractivity contribution in [2.24, 2.45) is 17.8 Å². The molecule has 148 valence electrons. The number of methoxy groups -OCH3 is 3. The minimum atomic E-state index is 0.711. The highest BCUT2D eigenvalue weighted by Gasteiger charge is 2.36. The Hall–Kier alpha value is -1.72. The van der Waals surface area contributed by atoms with Crippen LogP contribution < -0.4 is 14.2 Å². The van der Waals surface area contributed by atoms with Gasteiger partial charge in [-0.15, -0.1) is 0 Å². The number of allylic oxidation sites excluding steroid dienone is 2. The molecule has 2 fully saturated rings. The third-order valence-corrected chi connectivity index (χ3v) is 6.55. The lowest BCUT2D eigenvalue weighted by Crippen LogP contribution is -2.47. The third kappa shape index (κ3) is 3.94. The predicted octanol–water partition coefficient (Wildman–Crippen LogP) is 3.04. The average Bonchev–Trinajstić information content (AvgIpc) is 3.32. The number of hydrogen-bond donors (Lipinski definition) is 0. The molecule has 2 aliphatic carbocycles. The van der Waals surface area contributed by atoms with Crippen molar-refractivity contribution >= 4 is 0 Å². The van der Waals surface area contributed by atoms with Crippen molar-refractivity contribution in [3.05, 3.63) is 29.8 Å². The van der Waals surface area contributed by atoms with Crippen LogP contribution in [0.3, 0.4) is 0 Å². The average molecular weight is 373 g/mol. The van der Waals surface area contributed by atoms with Crippen LogP contribution in [0.15, 0.2) is 24.3 Å². The first-order valence-corrected chi connectivity index (χ1v) is 10.1. The molecule has 2 bridgehead atoms. The molecule has 0 aromatic heterocycles. The molecule has 1 aromatic rings. The van der Waals surface area contributed by atoms with E-state index in [1.165, 1.54) is 19.4 Å². The minimum Gasteiger partial charge on any atom is -0.496 e. The van der Waals surface area contributed by atoms with Crippen LogP contribution in [0.25, 0.3) is 0 Å². The second-order valence-electron chi connectivity index (χ2n) is 8.14. The van der Waals surface area contributed by atoms with E-state index in [4.69, 9.17) is 14.2 Å². The minimum absolute atomic E-state index is 0.711. The first kappa shape index (κ1) is 18.6. The van der Waals surface area contributed by atoms with Gasteiger partial charge in [-0.1, -0.05) is 12.2 Å². The molecule has 5 nitrogen and oxygen atoms in total. The van der Waals surface area contributed by atoms with Crippen LogP contribution in [-0.2, 0) is 6.54 Å². The summed E-state index contributed by atoms with van der Waals surface area (Å²) in [6, 6.07) is 3.97. The number of benzene rings is 1. The van der Waals surface area contributed by atoms with E-state index in [1.807, 2.05) is 12.1 Å². The fourth-order valence-corrected chi connectivity index (χ4v) is 5.02. The highest BCUT2D eigenvalue weighted by atomic mass is 16.5. The fourth-order valence-electron chi connectivity index (χ4n) is 5.02. The summed E-state index contributed by atoms with van der Waals surface area (Å²) < 4.78 is 16.4. The van der Waals surface area contributed by atoms with Crippen molar-refractivity contribution in [1.29, 1.82) is 0 Å². The zero-order chi connectivity index (χ0) is 18.8. The molecule has 3 unspecified atom stereocenters. The molecule has 1 aromatic carbocycles. The summed E-state index contributed by atoms with van der Waals surface area (Å²) in [7, 11) is 5.05. The van der Waals surface area contributed by atoms with Crippen LogP contribution in [-0.4, -0.2) is 63.9 Å². The first-order chi connectivity index (χ1) is 13.2. The predicted molar refractivity (Wildman–Crippen MR) is 107 cm³/mol. The molecule has 1 heterocycles. The smallest absolute Gasteiger partial charge is 0.164 e. The molecule has 3 atom stereocenters. The van der Waals surface area contributed by atoms with Gasteiger partial charge in [0.25, 0.3) is 0 Å². The van der Waals surface area contributed by atoms with Gasteiger partial charge in [0.1, 0.15) is 5.75 Å². The van der Waals surface area contributed by atoms with Crippen LogP contribution in [0.4, 0.5) is 0 Å². The van der Waals surface area contributed by atoms with Gasteiger partial charge < -0.3 is 19.1 Å². The normalized spacial score (nSPS) is 27.9. The topological polar surface area (TPSA) is 34.2 Å². The quantitative estimate of drug-likeness (QED) is 0.687. The van der Waals surface area contributed by atoms with Gasteiger partial charge in [0.05, 0.1) is 21.3 Å². The Kier molecular flexibility index (Phi) is 5.60. The summed E-state index contributed by atoms with van der Waals surface area (Å²) in [5, 5.41) is 0. The molecule has 5 heteroatoms. The van der Waals surface area contributed by atoms with Gasteiger partial charge in [0.15, 0.2) is 11.5 Å². The zero-order valence-electron chi connectivity index (χ0n) is 16.8. The lowest BCUT2D eigenvalue weighted by molar-refractivity contribution is 0.108.